The van der Waals surface area contributed by atoms with Crippen LogP contribution in [0.3, 0.4) is 0 Å². The lowest BCUT2D eigenvalue weighted by Gasteiger charge is -2.32. The summed E-state index contributed by atoms with van der Waals surface area (Å²) >= 11 is 6.50. The second-order valence-corrected chi connectivity index (χ2v) is 12.0. The molecule has 1 aliphatic heterocycles. The van der Waals surface area contributed by atoms with Crippen molar-refractivity contribution < 1.29 is 4.79 Å². The third-order valence-corrected chi connectivity index (χ3v) is 11.4. The summed E-state index contributed by atoms with van der Waals surface area (Å²) in [6, 6.07) is 39.4. The van der Waals surface area contributed by atoms with Crippen LogP contribution in [0.15, 0.2) is 115 Å². The summed E-state index contributed by atoms with van der Waals surface area (Å²) in [6.45, 7) is 0.668. The molecule has 0 aliphatic carbocycles. The highest BCUT2D eigenvalue weighted by atomic mass is 79.9. The van der Waals surface area contributed by atoms with Crippen molar-refractivity contribution in [3.8, 4) is 0 Å². The molecule has 33 heavy (non-hydrogen) atoms. The van der Waals surface area contributed by atoms with Crippen LogP contribution >= 0.6 is 35.8 Å². The smallest absolute Gasteiger partial charge is 0.269 e. The zero-order chi connectivity index (χ0) is 22.0. The second kappa shape index (κ2) is 10.2. The van der Waals surface area contributed by atoms with Crippen molar-refractivity contribution in [3.05, 3.63) is 120 Å². The van der Waals surface area contributed by atoms with Crippen LogP contribution in [0.25, 0.3) is 0 Å². The van der Waals surface area contributed by atoms with Crippen LogP contribution in [-0.2, 0) is 4.79 Å². The first kappa shape index (κ1) is 23.7. The molecule has 0 radical (unpaired) electrons. The van der Waals surface area contributed by atoms with Gasteiger partial charge < -0.3 is 4.90 Å². The first-order valence-corrected chi connectivity index (χ1v) is 13.1. The van der Waals surface area contributed by atoms with E-state index in [1.165, 1.54) is 15.9 Å². The van der Waals surface area contributed by atoms with Crippen molar-refractivity contribution in [1.82, 2.24) is 0 Å². The van der Waals surface area contributed by atoms with E-state index in [0.29, 0.717) is 11.6 Å². The summed E-state index contributed by atoms with van der Waals surface area (Å²) < 4.78 is 0. The molecule has 166 valence electrons. The van der Waals surface area contributed by atoms with Gasteiger partial charge in [-0.1, -0.05) is 78.3 Å². The van der Waals surface area contributed by atoms with E-state index < -0.39 is 7.26 Å². The van der Waals surface area contributed by atoms with E-state index in [-0.39, 0.29) is 28.5 Å². The van der Waals surface area contributed by atoms with E-state index >= 15 is 0 Å². The number of nitrogens with zero attached hydrogens (tertiary/aromatic N) is 1. The normalized spacial score (nSPS) is 15.8. The molecule has 1 aliphatic rings. The van der Waals surface area contributed by atoms with Gasteiger partial charge in [0.15, 0.2) is 5.66 Å². The average molecular weight is 538 g/mol. The number of amides is 1. The fourth-order valence-electron chi connectivity index (χ4n) is 4.91. The SMILES string of the molecule is Br.O=C1C([P+](c2ccccc2)(c2ccccc2)c2ccccc2)CCN1c1ccccc1Cl. The highest BCUT2D eigenvalue weighted by Crippen LogP contribution is 2.62. The lowest BCUT2D eigenvalue weighted by atomic mass is 10.3. The molecule has 0 N–H and O–H groups in total. The number of hydrogen-bond donors (Lipinski definition) is 0. The van der Waals surface area contributed by atoms with E-state index in [4.69, 9.17) is 11.6 Å². The Balaban J connectivity index is 0.00000259. The van der Waals surface area contributed by atoms with Gasteiger partial charge in [0.1, 0.15) is 23.2 Å². The van der Waals surface area contributed by atoms with Crippen LogP contribution in [0.2, 0.25) is 5.02 Å². The van der Waals surface area contributed by atoms with Gasteiger partial charge in [0, 0.05) is 13.0 Å². The Morgan fingerprint density at radius 3 is 1.55 bits per heavy atom. The van der Waals surface area contributed by atoms with Crippen LogP contribution in [0.1, 0.15) is 6.42 Å². The molecule has 1 atom stereocenters. The summed E-state index contributed by atoms with van der Waals surface area (Å²) in [5.41, 5.74) is 0.653. The molecule has 5 heteroatoms. The summed E-state index contributed by atoms with van der Waals surface area (Å²) in [5.74, 6) is 0.156. The summed E-state index contributed by atoms with van der Waals surface area (Å²) in [4.78, 5) is 16.0. The van der Waals surface area contributed by atoms with Gasteiger partial charge in [-0.05, 0) is 48.5 Å². The molecule has 0 aromatic heterocycles. The molecule has 4 aromatic rings. The molecule has 1 heterocycles. The predicted molar refractivity (Wildman–Crippen MR) is 148 cm³/mol. The molecule has 1 fully saturated rings. The number of benzene rings is 4. The first-order chi connectivity index (χ1) is 15.7. The molecule has 1 amide bonds. The number of hydrogen-bond acceptors (Lipinski definition) is 1. The topological polar surface area (TPSA) is 20.3 Å². The number of anilines is 1. The Hall–Kier alpha value is -2.45. The summed E-state index contributed by atoms with van der Waals surface area (Å²) in [5, 5.41) is 4.31. The molecular weight excluding hydrogens is 513 g/mol. The lowest BCUT2D eigenvalue weighted by Crippen LogP contribution is -2.43. The van der Waals surface area contributed by atoms with Crippen molar-refractivity contribution >= 4 is 63.4 Å². The van der Waals surface area contributed by atoms with Crippen molar-refractivity contribution in [2.75, 3.05) is 11.4 Å². The van der Waals surface area contributed by atoms with Crippen LogP contribution in [0.5, 0.6) is 0 Å². The van der Waals surface area contributed by atoms with Gasteiger partial charge in [-0.2, -0.15) is 0 Å². The van der Waals surface area contributed by atoms with Crippen LogP contribution in [0.4, 0.5) is 5.69 Å². The molecule has 0 bridgehead atoms. The number of rotatable bonds is 5. The van der Waals surface area contributed by atoms with E-state index in [0.717, 1.165) is 12.1 Å². The minimum atomic E-state index is -2.26. The van der Waals surface area contributed by atoms with Gasteiger partial charge in [0.25, 0.3) is 5.91 Å². The van der Waals surface area contributed by atoms with E-state index in [9.17, 15) is 4.79 Å². The lowest BCUT2D eigenvalue weighted by molar-refractivity contribution is -0.116. The van der Waals surface area contributed by atoms with Gasteiger partial charge in [-0.3, -0.25) is 4.79 Å². The van der Waals surface area contributed by atoms with Crippen molar-refractivity contribution in [1.29, 1.82) is 0 Å². The Morgan fingerprint density at radius 2 is 1.09 bits per heavy atom. The van der Waals surface area contributed by atoms with Crippen LogP contribution < -0.4 is 20.8 Å². The Morgan fingerprint density at radius 1 is 0.667 bits per heavy atom. The molecule has 2 nitrogen and oxygen atoms in total. The van der Waals surface area contributed by atoms with Crippen molar-refractivity contribution in [2.24, 2.45) is 0 Å². The fourth-order valence-corrected chi connectivity index (χ4v) is 10.0. The minimum Gasteiger partial charge on any atom is -0.307 e. The van der Waals surface area contributed by atoms with Crippen molar-refractivity contribution in [2.45, 2.75) is 12.1 Å². The van der Waals surface area contributed by atoms with E-state index in [2.05, 4.69) is 72.8 Å². The Labute approximate surface area is 211 Å². The fraction of sp³-hybridized carbons (Fsp3) is 0.107. The minimum absolute atomic E-state index is 0. The number of para-hydroxylation sites is 1. The Bertz CT molecular complexity index is 1120. The predicted octanol–water partition coefficient (Wildman–Crippen LogP) is 6.02. The summed E-state index contributed by atoms with van der Waals surface area (Å²) in [6.07, 6.45) is 0.788. The molecule has 4 aromatic carbocycles. The Kier molecular flexibility index (Phi) is 7.34. The maximum atomic E-state index is 14.1. The van der Waals surface area contributed by atoms with Crippen LogP contribution in [0, 0.1) is 0 Å². The number of halogens is 2. The van der Waals surface area contributed by atoms with E-state index in [1.807, 2.05) is 47.4 Å². The highest BCUT2D eigenvalue weighted by molar-refractivity contribution is 8.93. The molecule has 1 saturated heterocycles. The molecular formula is C28H25BrClNOP+. The maximum absolute atomic E-state index is 14.1. The van der Waals surface area contributed by atoms with Gasteiger partial charge in [-0.25, -0.2) is 0 Å². The molecule has 0 spiro atoms. The first-order valence-electron chi connectivity index (χ1n) is 10.8. The second-order valence-electron chi connectivity index (χ2n) is 7.98. The van der Waals surface area contributed by atoms with Crippen molar-refractivity contribution in [3.63, 3.8) is 0 Å². The number of carbonyl (C=O) groups is 1. The third-order valence-electron chi connectivity index (χ3n) is 6.28. The zero-order valence-electron chi connectivity index (χ0n) is 18.1. The third kappa shape index (κ3) is 4.15. The summed E-state index contributed by atoms with van der Waals surface area (Å²) in [7, 11) is -2.26. The van der Waals surface area contributed by atoms with Gasteiger partial charge >= 0.3 is 0 Å². The van der Waals surface area contributed by atoms with Crippen LogP contribution in [-0.4, -0.2) is 18.1 Å². The van der Waals surface area contributed by atoms with Gasteiger partial charge in [-0.15, -0.1) is 17.0 Å². The molecule has 0 saturated carbocycles. The van der Waals surface area contributed by atoms with Gasteiger partial charge in [0.2, 0.25) is 0 Å². The average Bonchev–Trinajstić information content (AvgIpc) is 3.23. The maximum Gasteiger partial charge on any atom is 0.269 e. The monoisotopic (exact) mass is 536 g/mol. The van der Waals surface area contributed by atoms with Gasteiger partial charge in [0.05, 0.1) is 10.7 Å². The quantitative estimate of drug-likeness (QED) is 0.285. The molecule has 5 rings (SSSR count). The zero-order valence-corrected chi connectivity index (χ0v) is 21.4. The number of carbonyl (C=O) groups excluding carboxylic acids is 1. The van der Waals surface area contributed by atoms with E-state index in [1.54, 1.807) is 0 Å². The highest BCUT2D eigenvalue weighted by Gasteiger charge is 2.58. The standard InChI is InChI=1S/C28H24ClNOP.BrH/c29-25-18-10-11-19-26(25)30-21-20-27(28(30)31)32(22-12-4-1-5-13-22,23-14-6-2-7-15-23)24-16-8-3-9-17-24;/h1-19,27H,20-21H2;1H/q+1;. The largest absolute Gasteiger partial charge is 0.307 e. The molecule has 1 unspecified atom stereocenters.